The molecule has 0 aliphatic heterocycles. The first-order chi connectivity index (χ1) is 12.5. The van der Waals surface area contributed by atoms with Crippen molar-refractivity contribution in [3.63, 3.8) is 0 Å². The van der Waals surface area contributed by atoms with Crippen LogP contribution in [0.1, 0.15) is 84.5 Å². The lowest BCUT2D eigenvalue weighted by Gasteiger charge is -2.43. The topological polar surface area (TPSA) is 52.6 Å². The molecule has 2 unspecified atom stereocenters. The minimum atomic E-state index is -1.16. The number of esters is 2. The van der Waals surface area contributed by atoms with E-state index in [0.29, 0.717) is 30.1 Å². The summed E-state index contributed by atoms with van der Waals surface area (Å²) in [5, 5.41) is 0. The van der Waals surface area contributed by atoms with E-state index in [-0.39, 0.29) is 24.1 Å². The Bertz CT molecular complexity index is 496. The van der Waals surface area contributed by atoms with Crippen LogP contribution in [0.15, 0.2) is 0 Å². The minimum absolute atomic E-state index is 0.0133. The van der Waals surface area contributed by atoms with Gasteiger partial charge in [-0.15, -0.1) is 0 Å². The first-order valence-corrected chi connectivity index (χ1v) is 10.9. The third-order valence-electron chi connectivity index (χ3n) is 8.09. The zero-order valence-electron chi connectivity index (χ0n) is 16.4. The number of fused-ring (bicyclic) bond motifs is 6. The summed E-state index contributed by atoms with van der Waals surface area (Å²) >= 11 is 0. The van der Waals surface area contributed by atoms with Crippen molar-refractivity contribution in [3.8, 4) is 0 Å². The number of carbonyl (C=O) groups excluding carboxylic acids is 2. The Morgan fingerprint density at radius 3 is 1.42 bits per heavy atom. The van der Waals surface area contributed by atoms with Gasteiger partial charge in [-0.25, -0.2) is 0 Å². The van der Waals surface area contributed by atoms with Gasteiger partial charge < -0.3 is 9.47 Å². The number of rotatable bonds is 5. The quantitative estimate of drug-likeness (QED) is 0.528. The van der Waals surface area contributed by atoms with Gasteiger partial charge >= 0.3 is 11.9 Å². The molecule has 6 rings (SSSR count). The third kappa shape index (κ3) is 3.29. The number of ether oxygens (including phenoxy) is 2. The van der Waals surface area contributed by atoms with Gasteiger partial charge in [0.1, 0.15) is 12.2 Å². The Balaban J connectivity index is 1.39. The van der Waals surface area contributed by atoms with Gasteiger partial charge in [-0.2, -0.15) is 0 Å². The number of hydrogen-bond acceptors (Lipinski definition) is 4. The monoisotopic (exact) mass is 362 g/mol. The van der Waals surface area contributed by atoms with Crippen LogP contribution in [0.3, 0.4) is 0 Å². The molecular formula is C22H34O4. The van der Waals surface area contributed by atoms with Crippen LogP contribution < -0.4 is 0 Å². The zero-order valence-corrected chi connectivity index (χ0v) is 16.4. The van der Waals surface area contributed by atoms with Crippen LogP contribution in [0.25, 0.3) is 0 Å². The second kappa shape index (κ2) is 7.16. The Labute approximate surface area is 157 Å². The van der Waals surface area contributed by atoms with Crippen LogP contribution in [0.5, 0.6) is 0 Å². The van der Waals surface area contributed by atoms with Crippen molar-refractivity contribution in [1.82, 2.24) is 0 Å². The van der Waals surface area contributed by atoms with Crippen molar-refractivity contribution in [2.75, 3.05) is 0 Å². The molecule has 6 saturated carbocycles. The first kappa shape index (κ1) is 18.3. The summed E-state index contributed by atoms with van der Waals surface area (Å²) in [5.74, 6) is 1.68. The maximum Gasteiger partial charge on any atom is 0.323 e. The molecule has 0 N–H and O–H groups in total. The second-order valence-corrected chi connectivity index (χ2v) is 9.61. The Morgan fingerprint density at radius 2 is 1.15 bits per heavy atom. The van der Waals surface area contributed by atoms with Crippen molar-refractivity contribution < 1.29 is 19.1 Å². The third-order valence-corrected chi connectivity index (χ3v) is 8.09. The molecule has 0 saturated heterocycles. The van der Waals surface area contributed by atoms with Gasteiger partial charge in [-0.1, -0.05) is 6.92 Å². The van der Waals surface area contributed by atoms with E-state index in [1.54, 1.807) is 6.92 Å². The highest BCUT2D eigenvalue weighted by atomic mass is 16.6. The van der Waals surface area contributed by atoms with E-state index in [0.717, 1.165) is 12.8 Å². The summed E-state index contributed by atoms with van der Waals surface area (Å²) in [4.78, 5) is 25.9. The molecule has 0 aromatic rings. The fraction of sp³-hybridized carbons (Fsp3) is 0.909. The van der Waals surface area contributed by atoms with Crippen molar-refractivity contribution in [1.29, 1.82) is 0 Å². The normalized spacial score (nSPS) is 40.7. The van der Waals surface area contributed by atoms with E-state index in [1.807, 2.05) is 6.92 Å². The van der Waals surface area contributed by atoms with E-state index >= 15 is 0 Å². The molecule has 4 nitrogen and oxygen atoms in total. The molecule has 4 heteroatoms. The van der Waals surface area contributed by atoms with Gasteiger partial charge in [0.25, 0.3) is 0 Å². The minimum Gasteiger partial charge on any atom is -0.461 e. The van der Waals surface area contributed by atoms with Crippen molar-refractivity contribution in [3.05, 3.63) is 0 Å². The average Bonchev–Trinajstić information content (AvgIpc) is 2.69. The van der Waals surface area contributed by atoms with E-state index in [4.69, 9.17) is 9.47 Å². The molecule has 0 amide bonds. The molecule has 0 radical (unpaired) electrons. The summed E-state index contributed by atoms with van der Waals surface area (Å²) in [7, 11) is 0. The summed E-state index contributed by atoms with van der Waals surface area (Å²) in [5.41, 5.74) is -1.16. The van der Waals surface area contributed by atoms with Crippen LogP contribution in [0.2, 0.25) is 0 Å². The predicted molar refractivity (Wildman–Crippen MR) is 98.3 cm³/mol. The van der Waals surface area contributed by atoms with E-state index in [1.165, 1.54) is 51.4 Å². The maximum absolute atomic E-state index is 13.0. The highest BCUT2D eigenvalue weighted by Gasteiger charge is 2.48. The molecule has 0 aromatic heterocycles. The molecule has 26 heavy (non-hydrogen) atoms. The summed E-state index contributed by atoms with van der Waals surface area (Å²) < 4.78 is 11.8. The van der Waals surface area contributed by atoms with Gasteiger partial charge in [0.15, 0.2) is 5.41 Å². The molecular weight excluding hydrogens is 328 g/mol. The van der Waals surface area contributed by atoms with Crippen LogP contribution in [-0.4, -0.2) is 24.1 Å². The molecule has 2 atom stereocenters. The van der Waals surface area contributed by atoms with Gasteiger partial charge in [0.05, 0.1) is 0 Å². The molecule has 6 fully saturated rings. The van der Waals surface area contributed by atoms with Crippen LogP contribution >= 0.6 is 0 Å². The predicted octanol–water partition coefficient (Wildman–Crippen LogP) is 4.65. The summed E-state index contributed by atoms with van der Waals surface area (Å²) in [6, 6.07) is 0. The van der Waals surface area contributed by atoms with Crippen molar-refractivity contribution in [2.45, 2.75) is 96.7 Å². The smallest absolute Gasteiger partial charge is 0.323 e. The average molecular weight is 363 g/mol. The lowest BCUT2D eigenvalue weighted by Crippen LogP contribution is -2.47. The lowest BCUT2D eigenvalue weighted by molar-refractivity contribution is -0.186. The van der Waals surface area contributed by atoms with Crippen molar-refractivity contribution >= 4 is 11.9 Å². The van der Waals surface area contributed by atoms with E-state index in [9.17, 15) is 9.59 Å². The zero-order chi connectivity index (χ0) is 18.3. The van der Waals surface area contributed by atoms with Crippen LogP contribution in [0.4, 0.5) is 0 Å². The fourth-order valence-corrected chi connectivity index (χ4v) is 5.83. The van der Waals surface area contributed by atoms with Gasteiger partial charge in [-0.3, -0.25) is 9.59 Å². The number of hydrogen-bond donors (Lipinski definition) is 0. The molecule has 0 spiro atoms. The largest absolute Gasteiger partial charge is 0.461 e. The summed E-state index contributed by atoms with van der Waals surface area (Å²) in [6.07, 6.45) is 12.2. The van der Waals surface area contributed by atoms with Crippen molar-refractivity contribution in [2.24, 2.45) is 29.1 Å². The van der Waals surface area contributed by atoms with Crippen LogP contribution in [0, 0.1) is 29.1 Å². The Kier molecular flexibility index (Phi) is 5.04. The molecule has 0 aromatic carbocycles. The molecule has 4 bridgehead atoms. The summed E-state index contributed by atoms with van der Waals surface area (Å²) in [6.45, 7) is 3.61. The SMILES string of the molecule is CCC(C)(C(=O)OC1CC2CCC1CC2)C(=O)OC1CC2CCC1CC2. The van der Waals surface area contributed by atoms with Gasteiger partial charge in [0, 0.05) is 0 Å². The standard InChI is InChI=1S/C22H34O4/c1-3-22(2,20(23)25-18-12-14-4-8-16(18)9-5-14)21(24)26-19-13-15-6-10-17(19)11-7-15/h14-19H,3-13H2,1-2H3. The molecule has 146 valence electrons. The van der Waals surface area contributed by atoms with E-state index < -0.39 is 5.41 Å². The first-order valence-electron chi connectivity index (χ1n) is 10.9. The maximum atomic E-state index is 13.0. The molecule has 6 aliphatic rings. The second-order valence-electron chi connectivity index (χ2n) is 9.61. The van der Waals surface area contributed by atoms with Crippen LogP contribution in [-0.2, 0) is 19.1 Å². The Morgan fingerprint density at radius 1 is 0.769 bits per heavy atom. The van der Waals surface area contributed by atoms with Gasteiger partial charge in [0.2, 0.25) is 0 Å². The van der Waals surface area contributed by atoms with Gasteiger partial charge in [-0.05, 0) is 101 Å². The molecule has 6 aliphatic carbocycles. The number of carbonyl (C=O) groups is 2. The lowest BCUT2D eigenvalue weighted by atomic mass is 9.69. The fourth-order valence-electron chi connectivity index (χ4n) is 5.83. The van der Waals surface area contributed by atoms with E-state index in [2.05, 4.69) is 0 Å². The Hall–Kier alpha value is -1.06. The molecule has 0 heterocycles. The highest BCUT2D eigenvalue weighted by molar-refractivity contribution is 5.99. The highest BCUT2D eigenvalue weighted by Crippen LogP contribution is 2.45.